The zero-order valence-electron chi connectivity index (χ0n) is 12.0. The van der Waals surface area contributed by atoms with Gasteiger partial charge in [0.2, 0.25) is 0 Å². The Morgan fingerprint density at radius 2 is 1.67 bits per heavy atom. The van der Waals surface area contributed by atoms with E-state index in [9.17, 15) is 4.79 Å². The maximum absolute atomic E-state index is 10.3. The van der Waals surface area contributed by atoms with Crippen LogP contribution >= 0.6 is 15.9 Å². The van der Waals surface area contributed by atoms with Crippen molar-refractivity contribution in [2.75, 3.05) is 0 Å². The summed E-state index contributed by atoms with van der Waals surface area (Å²) >= 11 is 3.14. The van der Waals surface area contributed by atoms with Crippen molar-refractivity contribution >= 4 is 21.9 Å². The van der Waals surface area contributed by atoms with Gasteiger partial charge in [0.1, 0.15) is 0 Å². The second-order valence-corrected chi connectivity index (χ2v) is 4.61. The van der Waals surface area contributed by atoms with Gasteiger partial charge < -0.3 is 5.11 Å². The van der Waals surface area contributed by atoms with E-state index in [-0.39, 0.29) is 6.42 Å². The summed E-state index contributed by atoms with van der Waals surface area (Å²) in [5.41, 5.74) is 0. The zero-order chi connectivity index (χ0) is 15.6. The average Bonchev–Trinajstić information content (AvgIpc) is 2.46. The molecule has 0 radical (unpaired) electrons. The Kier molecular flexibility index (Phi) is 14.7. The number of allylic oxidation sites excluding steroid dienone is 3. The predicted molar refractivity (Wildman–Crippen MR) is 90.5 cm³/mol. The van der Waals surface area contributed by atoms with Crippen molar-refractivity contribution in [2.24, 2.45) is 0 Å². The Bertz CT molecular complexity index is 525. The number of carbonyl (C=O) groups is 1. The highest BCUT2D eigenvalue weighted by molar-refractivity contribution is 9.11. The molecule has 1 N–H and O–H groups in total. The molecule has 0 aromatic heterocycles. The summed E-state index contributed by atoms with van der Waals surface area (Å²) in [5.74, 6) is 16.4. The van der Waals surface area contributed by atoms with E-state index in [0.29, 0.717) is 12.8 Å². The number of halogens is 1. The lowest BCUT2D eigenvalue weighted by Crippen LogP contribution is -1.92. The maximum atomic E-state index is 10.3. The molecule has 0 aliphatic rings. The number of hydrogen-bond acceptors (Lipinski definition) is 1. The molecule has 0 bridgehead atoms. The van der Waals surface area contributed by atoms with Crippen LogP contribution in [0.2, 0.25) is 0 Å². The van der Waals surface area contributed by atoms with Crippen LogP contribution in [0.15, 0.2) is 23.2 Å². The van der Waals surface area contributed by atoms with E-state index in [1.807, 2.05) is 6.08 Å². The van der Waals surface area contributed by atoms with Crippen molar-refractivity contribution in [1.82, 2.24) is 0 Å². The molecule has 0 fully saturated rings. The SMILES string of the molecule is O=C(O)CCCC#CC#CCCCC/C=C/C#C/C=C\Br. The Hall–Kier alpha value is -1.89. The fourth-order valence-corrected chi connectivity index (χ4v) is 1.42. The van der Waals surface area contributed by atoms with Crippen LogP contribution in [-0.4, -0.2) is 11.1 Å². The Labute approximate surface area is 135 Å². The van der Waals surface area contributed by atoms with Crippen molar-refractivity contribution in [2.45, 2.75) is 44.9 Å². The van der Waals surface area contributed by atoms with Crippen molar-refractivity contribution in [1.29, 1.82) is 0 Å². The number of aliphatic carboxylic acids is 1. The smallest absolute Gasteiger partial charge is 0.303 e. The molecule has 0 rings (SSSR count). The van der Waals surface area contributed by atoms with Crippen LogP contribution in [0.5, 0.6) is 0 Å². The van der Waals surface area contributed by atoms with Crippen LogP contribution in [0.1, 0.15) is 44.9 Å². The van der Waals surface area contributed by atoms with Crippen LogP contribution in [0, 0.1) is 35.5 Å². The highest BCUT2D eigenvalue weighted by Crippen LogP contribution is 1.99. The topological polar surface area (TPSA) is 37.3 Å². The summed E-state index contributed by atoms with van der Waals surface area (Å²) in [5, 5.41) is 8.44. The summed E-state index contributed by atoms with van der Waals surface area (Å²) in [6, 6.07) is 0. The van der Waals surface area contributed by atoms with Crippen LogP contribution in [0.4, 0.5) is 0 Å². The molecule has 0 aromatic carbocycles. The molecule has 0 atom stereocenters. The van der Waals surface area contributed by atoms with Crippen molar-refractivity contribution in [3.63, 3.8) is 0 Å². The van der Waals surface area contributed by atoms with E-state index in [1.165, 1.54) is 0 Å². The van der Waals surface area contributed by atoms with E-state index in [2.05, 4.69) is 57.5 Å². The average molecular weight is 347 g/mol. The van der Waals surface area contributed by atoms with E-state index >= 15 is 0 Å². The van der Waals surface area contributed by atoms with Gasteiger partial charge in [0.25, 0.3) is 0 Å². The molecule has 0 aliphatic heterocycles. The monoisotopic (exact) mass is 346 g/mol. The molecule has 2 nitrogen and oxygen atoms in total. The first-order chi connectivity index (χ1) is 10.3. The van der Waals surface area contributed by atoms with Gasteiger partial charge in [0, 0.05) is 19.3 Å². The van der Waals surface area contributed by atoms with Crippen LogP contribution in [0.25, 0.3) is 0 Å². The Morgan fingerprint density at radius 3 is 2.33 bits per heavy atom. The van der Waals surface area contributed by atoms with Gasteiger partial charge in [-0.1, -0.05) is 45.7 Å². The minimum atomic E-state index is -0.775. The number of unbranched alkanes of at least 4 members (excludes halogenated alkanes) is 4. The van der Waals surface area contributed by atoms with Gasteiger partial charge in [0.15, 0.2) is 0 Å². The molecule has 0 saturated carbocycles. The lowest BCUT2D eigenvalue weighted by molar-refractivity contribution is -0.137. The highest BCUT2D eigenvalue weighted by Gasteiger charge is 1.92. The fraction of sp³-hybridized carbons (Fsp3) is 0.389. The van der Waals surface area contributed by atoms with Crippen molar-refractivity contribution < 1.29 is 9.90 Å². The minimum Gasteiger partial charge on any atom is -0.481 e. The number of rotatable bonds is 7. The number of carboxylic acids is 1. The first-order valence-electron chi connectivity index (χ1n) is 6.86. The summed E-state index contributed by atoms with van der Waals surface area (Å²) in [6.45, 7) is 0. The first-order valence-corrected chi connectivity index (χ1v) is 7.77. The summed E-state index contributed by atoms with van der Waals surface area (Å²) in [7, 11) is 0. The van der Waals surface area contributed by atoms with Crippen molar-refractivity contribution in [3.8, 4) is 35.5 Å². The standard InChI is InChI=1S/C18H19BrO2/c19-17-15-13-11-9-7-5-3-1-2-4-6-8-10-12-14-16-18(20)21/h7,9,15,17H,1-3,5,12,14,16H2,(H,20,21)/b9-7+,17-15-. The zero-order valence-corrected chi connectivity index (χ0v) is 13.6. The minimum absolute atomic E-state index is 0.173. The van der Waals surface area contributed by atoms with Gasteiger partial charge in [-0.2, -0.15) is 0 Å². The molecule has 3 heteroatoms. The second kappa shape index (κ2) is 16.2. The second-order valence-electron chi connectivity index (χ2n) is 4.08. The van der Waals surface area contributed by atoms with Crippen LogP contribution in [0.3, 0.4) is 0 Å². The van der Waals surface area contributed by atoms with Gasteiger partial charge in [-0.15, -0.1) is 0 Å². The maximum Gasteiger partial charge on any atom is 0.303 e. The van der Waals surface area contributed by atoms with E-state index in [4.69, 9.17) is 5.11 Å². The van der Waals surface area contributed by atoms with Crippen LogP contribution in [-0.2, 0) is 4.79 Å². The molecule has 0 aromatic rings. The van der Waals surface area contributed by atoms with E-state index in [1.54, 1.807) is 11.1 Å². The third-order valence-electron chi connectivity index (χ3n) is 2.29. The normalized spacial score (nSPS) is 9.38. The first kappa shape index (κ1) is 19.1. The molecular formula is C18H19BrO2. The van der Waals surface area contributed by atoms with Crippen molar-refractivity contribution in [3.05, 3.63) is 23.2 Å². The van der Waals surface area contributed by atoms with Gasteiger partial charge in [0.05, 0.1) is 0 Å². The van der Waals surface area contributed by atoms with Crippen LogP contribution < -0.4 is 0 Å². The lowest BCUT2D eigenvalue weighted by atomic mass is 10.2. The van der Waals surface area contributed by atoms with Gasteiger partial charge in [-0.3, -0.25) is 4.79 Å². The lowest BCUT2D eigenvalue weighted by Gasteiger charge is -1.89. The molecule has 110 valence electrons. The fourth-order valence-electron chi connectivity index (χ4n) is 1.29. The molecule has 0 aliphatic carbocycles. The van der Waals surface area contributed by atoms with E-state index < -0.39 is 5.97 Å². The van der Waals surface area contributed by atoms with Gasteiger partial charge >= 0.3 is 5.97 Å². The van der Waals surface area contributed by atoms with Gasteiger partial charge in [-0.25, -0.2) is 0 Å². The molecule has 21 heavy (non-hydrogen) atoms. The molecule has 0 spiro atoms. The highest BCUT2D eigenvalue weighted by atomic mass is 79.9. The Morgan fingerprint density at radius 1 is 1.00 bits per heavy atom. The molecule has 0 unspecified atom stereocenters. The summed E-state index contributed by atoms with van der Waals surface area (Å²) in [6.07, 6.45) is 11.0. The largest absolute Gasteiger partial charge is 0.481 e. The number of hydrogen-bond donors (Lipinski definition) is 1. The third kappa shape index (κ3) is 18.1. The predicted octanol–water partition coefficient (Wildman–Crippen LogP) is 4.28. The molecular weight excluding hydrogens is 328 g/mol. The molecule has 0 heterocycles. The number of carboxylic acid groups (broad SMARTS) is 1. The Balaban J connectivity index is 3.52. The summed E-state index contributed by atoms with van der Waals surface area (Å²) in [4.78, 5) is 12.0. The summed E-state index contributed by atoms with van der Waals surface area (Å²) < 4.78 is 0. The molecule has 0 amide bonds. The third-order valence-corrected chi connectivity index (χ3v) is 2.55. The quantitative estimate of drug-likeness (QED) is 0.551. The van der Waals surface area contributed by atoms with Gasteiger partial charge in [-0.05, 0) is 54.7 Å². The molecule has 0 saturated heterocycles. The van der Waals surface area contributed by atoms with E-state index in [0.717, 1.165) is 25.7 Å².